The van der Waals surface area contributed by atoms with Gasteiger partial charge in [-0.05, 0) is 42.8 Å². The molecule has 0 atom stereocenters. The summed E-state index contributed by atoms with van der Waals surface area (Å²) in [5.41, 5.74) is 8.23. The number of nitriles is 1. The molecule has 4 N–H and O–H groups in total. The number of ether oxygens (including phenoxy) is 1. The molecule has 0 unspecified atom stereocenters. The third-order valence-corrected chi connectivity index (χ3v) is 3.59. The Morgan fingerprint density at radius 3 is 2.72 bits per heavy atom. The number of nitrogens with two attached hydrogens (primary N) is 1. The van der Waals surface area contributed by atoms with E-state index in [0.717, 1.165) is 5.56 Å². The number of carbonyl (C=O) groups is 1. The van der Waals surface area contributed by atoms with Crippen LogP contribution in [-0.2, 0) is 4.79 Å². The van der Waals surface area contributed by atoms with Crippen molar-refractivity contribution in [2.45, 2.75) is 6.92 Å². The Balaban J connectivity index is 2.20. The summed E-state index contributed by atoms with van der Waals surface area (Å²) in [7, 11) is 1.47. The number of rotatable bonds is 5. The van der Waals surface area contributed by atoms with Gasteiger partial charge in [-0.15, -0.1) is 0 Å². The first-order chi connectivity index (χ1) is 11.9. The van der Waals surface area contributed by atoms with Crippen molar-refractivity contribution in [1.29, 1.82) is 5.26 Å². The molecule has 0 saturated heterocycles. The van der Waals surface area contributed by atoms with Gasteiger partial charge >= 0.3 is 0 Å². The van der Waals surface area contributed by atoms with E-state index in [1.54, 1.807) is 24.3 Å². The lowest BCUT2D eigenvalue weighted by Gasteiger charge is -2.11. The second-order valence-corrected chi connectivity index (χ2v) is 5.64. The van der Waals surface area contributed by atoms with E-state index in [4.69, 9.17) is 22.1 Å². The van der Waals surface area contributed by atoms with Crippen LogP contribution in [0, 0.1) is 18.3 Å². The van der Waals surface area contributed by atoms with Crippen molar-refractivity contribution in [3.63, 3.8) is 0 Å². The van der Waals surface area contributed by atoms with E-state index in [0.29, 0.717) is 27.8 Å². The first-order valence-electron chi connectivity index (χ1n) is 7.32. The van der Waals surface area contributed by atoms with E-state index in [1.807, 2.05) is 25.1 Å². The molecule has 2 rings (SSSR count). The van der Waals surface area contributed by atoms with Crippen LogP contribution in [0.15, 0.2) is 48.2 Å². The molecule has 0 bridgehead atoms. The van der Waals surface area contributed by atoms with Crippen molar-refractivity contribution in [1.82, 2.24) is 0 Å². The summed E-state index contributed by atoms with van der Waals surface area (Å²) in [5.74, 6) is -0.160. The number of nitrogens with zero attached hydrogens (tertiary/aromatic N) is 1. The minimum Gasteiger partial charge on any atom is -0.495 e. The number of benzene rings is 2. The van der Waals surface area contributed by atoms with Crippen LogP contribution in [0.25, 0.3) is 0 Å². The SMILES string of the molecule is COc1ccc(Cl)cc1NC(=O)/C(C#N)=C\Nc1cc(C)ccc1N. The van der Waals surface area contributed by atoms with Crippen LogP contribution in [0.3, 0.4) is 0 Å². The Bertz CT molecular complexity index is 872. The Morgan fingerprint density at radius 2 is 2.04 bits per heavy atom. The lowest BCUT2D eigenvalue weighted by Crippen LogP contribution is -2.15. The molecule has 128 valence electrons. The highest BCUT2D eigenvalue weighted by molar-refractivity contribution is 6.31. The van der Waals surface area contributed by atoms with Crippen LogP contribution in [0.2, 0.25) is 5.02 Å². The van der Waals surface area contributed by atoms with E-state index in [9.17, 15) is 10.1 Å². The van der Waals surface area contributed by atoms with Crippen LogP contribution in [0.5, 0.6) is 5.75 Å². The Kier molecular flexibility index (Phi) is 5.88. The maximum atomic E-state index is 12.3. The predicted molar refractivity (Wildman–Crippen MR) is 99.5 cm³/mol. The zero-order chi connectivity index (χ0) is 18.4. The van der Waals surface area contributed by atoms with Gasteiger partial charge in [0.25, 0.3) is 5.91 Å². The zero-order valence-corrected chi connectivity index (χ0v) is 14.5. The molecule has 25 heavy (non-hydrogen) atoms. The monoisotopic (exact) mass is 356 g/mol. The molecule has 0 saturated carbocycles. The van der Waals surface area contributed by atoms with Gasteiger partial charge in [0.05, 0.1) is 24.2 Å². The second kappa shape index (κ2) is 8.08. The molecule has 0 radical (unpaired) electrons. The van der Waals surface area contributed by atoms with Crippen molar-refractivity contribution >= 4 is 34.6 Å². The Morgan fingerprint density at radius 1 is 1.28 bits per heavy atom. The Labute approximate surface area is 150 Å². The number of hydrogen-bond acceptors (Lipinski definition) is 5. The standard InChI is InChI=1S/C18H17ClN4O2/c1-11-3-5-14(21)15(7-11)22-10-12(9-20)18(24)23-16-8-13(19)4-6-17(16)25-2/h3-8,10,22H,21H2,1-2H3,(H,23,24)/b12-10-. The highest BCUT2D eigenvalue weighted by Crippen LogP contribution is 2.28. The number of carbonyl (C=O) groups excluding carboxylic acids is 1. The highest BCUT2D eigenvalue weighted by Gasteiger charge is 2.13. The summed E-state index contributed by atoms with van der Waals surface area (Å²) in [4.78, 5) is 12.3. The number of hydrogen-bond donors (Lipinski definition) is 3. The van der Waals surface area contributed by atoms with E-state index in [-0.39, 0.29) is 5.57 Å². The maximum Gasteiger partial charge on any atom is 0.267 e. The molecule has 0 aliphatic carbocycles. The van der Waals surface area contributed by atoms with Crippen LogP contribution < -0.4 is 21.1 Å². The van der Waals surface area contributed by atoms with E-state index < -0.39 is 5.91 Å². The number of anilines is 3. The van der Waals surface area contributed by atoms with Crippen LogP contribution in [0.1, 0.15) is 5.56 Å². The van der Waals surface area contributed by atoms with Gasteiger partial charge in [0.1, 0.15) is 17.4 Å². The first-order valence-corrected chi connectivity index (χ1v) is 7.70. The minimum absolute atomic E-state index is 0.122. The third-order valence-electron chi connectivity index (χ3n) is 3.36. The number of halogens is 1. The number of aryl methyl sites for hydroxylation is 1. The number of nitrogen functional groups attached to an aromatic ring is 1. The zero-order valence-electron chi connectivity index (χ0n) is 13.8. The van der Waals surface area contributed by atoms with Crippen molar-refractivity contribution in [3.05, 3.63) is 58.8 Å². The van der Waals surface area contributed by atoms with Crippen LogP contribution in [0.4, 0.5) is 17.1 Å². The normalized spacial score (nSPS) is 10.7. The molecule has 2 aromatic carbocycles. The first kappa shape index (κ1) is 18.2. The Hall–Kier alpha value is -3.17. The molecule has 0 aromatic heterocycles. The lowest BCUT2D eigenvalue weighted by atomic mass is 10.2. The number of amides is 1. The molecule has 0 spiro atoms. The highest BCUT2D eigenvalue weighted by atomic mass is 35.5. The van der Waals surface area contributed by atoms with Crippen LogP contribution in [-0.4, -0.2) is 13.0 Å². The maximum absolute atomic E-state index is 12.3. The largest absolute Gasteiger partial charge is 0.495 e. The molecule has 0 fully saturated rings. The summed E-state index contributed by atoms with van der Waals surface area (Å²) in [5, 5.41) is 15.2. The summed E-state index contributed by atoms with van der Waals surface area (Å²) in [6.45, 7) is 1.91. The van der Waals surface area contributed by atoms with Gasteiger partial charge in [0.2, 0.25) is 0 Å². The van der Waals surface area contributed by atoms with Gasteiger partial charge in [0, 0.05) is 11.2 Å². The van der Waals surface area contributed by atoms with Crippen LogP contribution >= 0.6 is 11.6 Å². The molecule has 7 heteroatoms. The summed E-state index contributed by atoms with van der Waals surface area (Å²) >= 11 is 5.93. The van der Waals surface area contributed by atoms with Crippen molar-refractivity contribution in [2.75, 3.05) is 23.5 Å². The molecule has 1 amide bonds. The smallest absolute Gasteiger partial charge is 0.267 e. The molecule has 6 nitrogen and oxygen atoms in total. The van der Waals surface area contributed by atoms with E-state index in [1.165, 1.54) is 13.3 Å². The summed E-state index contributed by atoms with van der Waals surface area (Å²) < 4.78 is 5.16. The fourth-order valence-corrected chi connectivity index (χ4v) is 2.23. The number of methoxy groups -OCH3 is 1. The average Bonchev–Trinajstić information content (AvgIpc) is 2.58. The van der Waals surface area contributed by atoms with Gasteiger partial charge < -0.3 is 21.1 Å². The second-order valence-electron chi connectivity index (χ2n) is 5.20. The van der Waals surface area contributed by atoms with E-state index in [2.05, 4.69) is 10.6 Å². The molecular weight excluding hydrogens is 340 g/mol. The van der Waals surface area contributed by atoms with Crippen molar-refractivity contribution in [3.8, 4) is 11.8 Å². The quantitative estimate of drug-likeness (QED) is 0.431. The minimum atomic E-state index is -0.596. The molecule has 2 aromatic rings. The molecule has 0 heterocycles. The molecular formula is C18H17ClN4O2. The topological polar surface area (TPSA) is 100 Å². The fourth-order valence-electron chi connectivity index (χ4n) is 2.06. The predicted octanol–water partition coefficient (Wildman–Crippen LogP) is 3.70. The van der Waals surface area contributed by atoms with Crippen molar-refractivity contribution in [2.24, 2.45) is 0 Å². The van der Waals surface area contributed by atoms with E-state index >= 15 is 0 Å². The van der Waals surface area contributed by atoms with Gasteiger partial charge in [-0.2, -0.15) is 5.26 Å². The summed E-state index contributed by atoms with van der Waals surface area (Å²) in [6, 6.07) is 12.1. The fraction of sp³-hybridized carbons (Fsp3) is 0.111. The summed E-state index contributed by atoms with van der Waals surface area (Å²) in [6.07, 6.45) is 1.30. The van der Waals surface area contributed by atoms with Gasteiger partial charge in [-0.25, -0.2) is 0 Å². The van der Waals surface area contributed by atoms with Gasteiger partial charge in [-0.3, -0.25) is 4.79 Å². The van der Waals surface area contributed by atoms with Gasteiger partial charge in [0.15, 0.2) is 0 Å². The molecule has 0 aliphatic rings. The van der Waals surface area contributed by atoms with Crippen molar-refractivity contribution < 1.29 is 9.53 Å². The molecule has 0 aliphatic heterocycles. The third kappa shape index (κ3) is 4.66. The van der Waals surface area contributed by atoms with Gasteiger partial charge in [-0.1, -0.05) is 17.7 Å². The average molecular weight is 357 g/mol. The lowest BCUT2D eigenvalue weighted by molar-refractivity contribution is -0.112. The number of nitrogens with one attached hydrogen (secondary N) is 2.